The summed E-state index contributed by atoms with van der Waals surface area (Å²) in [5.41, 5.74) is 7.54. The number of rotatable bonds is 4. The van der Waals surface area contributed by atoms with E-state index in [0.717, 1.165) is 12.1 Å². The zero-order valence-electron chi connectivity index (χ0n) is 10.1. The van der Waals surface area contributed by atoms with E-state index in [1.807, 2.05) is 13.1 Å². The summed E-state index contributed by atoms with van der Waals surface area (Å²) in [4.78, 5) is 0. The molecule has 0 aliphatic heterocycles. The number of hydrogen-bond acceptors (Lipinski definition) is 2. The molecule has 0 fully saturated rings. The lowest BCUT2D eigenvalue weighted by molar-refractivity contribution is 0.556. The van der Waals surface area contributed by atoms with Crippen LogP contribution in [-0.4, -0.2) is 9.78 Å². The number of aryl methyl sites for hydroxylation is 2. The molecule has 0 aliphatic carbocycles. The highest BCUT2D eigenvalue weighted by molar-refractivity contribution is 6.30. The second kappa shape index (κ2) is 5.50. The lowest BCUT2D eigenvalue weighted by Gasteiger charge is -2.13. The van der Waals surface area contributed by atoms with Gasteiger partial charge in [0.15, 0.2) is 0 Å². The third kappa shape index (κ3) is 2.71. The van der Waals surface area contributed by atoms with Gasteiger partial charge < -0.3 is 5.73 Å². The van der Waals surface area contributed by atoms with Crippen LogP contribution in [0.25, 0.3) is 0 Å². The molecule has 96 valence electrons. The van der Waals surface area contributed by atoms with Crippen molar-refractivity contribution < 1.29 is 4.39 Å². The number of nitrogens with zero attached hydrogens (tertiary/aromatic N) is 2. The molecule has 1 aromatic carbocycles. The average molecular weight is 268 g/mol. The predicted molar refractivity (Wildman–Crippen MR) is 69.9 cm³/mol. The molecule has 2 rings (SSSR count). The minimum atomic E-state index is -0.420. The fourth-order valence-corrected chi connectivity index (χ4v) is 2.09. The van der Waals surface area contributed by atoms with Crippen LogP contribution in [0.15, 0.2) is 30.5 Å². The molecule has 2 N–H and O–H groups in total. The molecule has 0 bridgehead atoms. The molecule has 0 aliphatic rings. The van der Waals surface area contributed by atoms with Gasteiger partial charge in [-0.1, -0.05) is 23.7 Å². The van der Waals surface area contributed by atoms with Crippen LogP contribution in [0.1, 0.15) is 23.7 Å². The molecule has 0 radical (unpaired) electrons. The summed E-state index contributed by atoms with van der Waals surface area (Å²) in [6.45, 7) is 0. The monoisotopic (exact) mass is 267 g/mol. The Morgan fingerprint density at radius 3 is 2.89 bits per heavy atom. The quantitative estimate of drug-likeness (QED) is 0.926. The first-order valence-electron chi connectivity index (χ1n) is 5.76. The maximum Gasteiger partial charge on any atom is 0.146 e. The zero-order chi connectivity index (χ0) is 13.1. The van der Waals surface area contributed by atoms with Crippen LogP contribution in [0.3, 0.4) is 0 Å². The van der Waals surface area contributed by atoms with Gasteiger partial charge in [-0.05, 0) is 25.0 Å². The van der Waals surface area contributed by atoms with Gasteiger partial charge >= 0.3 is 0 Å². The van der Waals surface area contributed by atoms with Crippen LogP contribution >= 0.6 is 11.6 Å². The van der Waals surface area contributed by atoms with E-state index in [0.29, 0.717) is 12.0 Å². The Bertz CT molecular complexity index is 539. The third-order valence-corrected chi connectivity index (χ3v) is 3.31. The molecular formula is C13H15ClFN3. The molecule has 1 aromatic heterocycles. The van der Waals surface area contributed by atoms with Crippen LogP contribution in [0.4, 0.5) is 4.39 Å². The first-order chi connectivity index (χ1) is 8.59. The Hall–Kier alpha value is -1.39. The molecule has 0 spiro atoms. The van der Waals surface area contributed by atoms with Crippen LogP contribution in [0.5, 0.6) is 0 Å². The molecule has 2 aromatic rings. The summed E-state index contributed by atoms with van der Waals surface area (Å²) >= 11 is 5.74. The van der Waals surface area contributed by atoms with Gasteiger partial charge in [-0.15, -0.1) is 0 Å². The number of nitrogens with two attached hydrogens (primary N) is 1. The number of hydrogen-bond donors (Lipinski definition) is 1. The summed E-state index contributed by atoms with van der Waals surface area (Å²) in [5, 5.41) is 4.19. The average Bonchev–Trinajstić information content (AvgIpc) is 2.75. The smallest absolute Gasteiger partial charge is 0.146 e. The standard InChI is InChI=1S/C13H15ClFN3/c1-18-9(7-8-17-18)5-6-12(16)10-3-2-4-11(14)13(10)15/h2-4,7-8,12H,5-6,16H2,1H3. The van der Waals surface area contributed by atoms with E-state index in [1.54, 1.807) is 23.0 Å². The third-order valence-electron chi connectivity index (χ3n) is 3.01. The van der Waals surface area contributed by atoms with Crippen LogP contribution in [-0.2, 0) is 13.5 Å². The van der Waals surface area contributed by atoms with Crippen molar-refractivity contribution in [2.75, 3.05) is 0 Å². The largest absolute Gasteiger partial charge is 0.324 e. The van der Waals surface area contributed by atoms with Gasteiger partial charge in [0, 0.05) is 30.5 Å². The Morgan fingerprint density at radius 1 is 1.44 bits per heavy atom. The highest BCUT2D eigenvalue weighted by atomic mass is 35.5. The molecule has 0 saturated heterocycles. The summed E-state index contributed by atoms with van der Waals surface area (Å²) in [6, 6.07) is 6.48. The Balaban J connectivity index is 2.06. The van der Waals surface area contributed by atoms with Gasteiger partial charge in [-0.3, -0.25) is 4.68 Å². The van der Waals surface area contributed by atoms with E-state index in [-0.39, 0.29) is 11.1 Å². The second-order valence-electron chi connectivity index (χ2n) is 4.23. The molecule has 1 unspecified atom stereocenters. The molecule has 1 atom stereocenters. The summed E-state index contributed by atoms with van der Waals surface area (Å²) in [5.74, 6) is -0.420. The van der Waals surface area contributed by atoms with Crippen LogP contribution in [0, 0.1) is 5.82 Å². The fourth-order valence-electron chi connectivity index (χ4n) is 1.91. The van der Waals surface area contributed by atoms with Crippen molar-refractivity contribution in [1.82, 2.24) is 9.78 Å². The van der Waals surface area contributed by atoms with Crippen molar-refractivity contribution >= 4 is 11.6 Å². The van der Waals surface area contributed by atoms with E-state index in [9.17, 15) is 4.39 Å². The molecular weight excluding hydrogens is 253 g/mol. The lowest BCUT2D eigenvalue weighted by atomic mass is 10.0. The van der Waals surface area contributed by atoms with Gasteiger partial charge in [-0.2, -0.15) is 5.10 Å². The number of halogens is 2. The van der Waals surface area contributed by atoms with Gasteiger partial charge in [-0.25, -0.2) is 4.39 Å². The normalized spacial score (nSPS) is 12.7. The van der Waals surface area contributed by atoms with Crippen molar-refractivity contribution in [3.8, 4) is 0 Å². The van der Waals surface area contributed by atoms with Gasteiger partial charge in [0.1, 0.15) is 5.82 Å². The highest BCUT2D eigenvalue weighted by Crippen LogP contribution is 2.24. The molecule has 0 saturated carbocycles. The van der Waals surface area contributed by atoms with Crippen molar-refractivity contribution in [1.29, 1.82) is 0 Å². The molecule has 18 heavy (non-hydrogen) atoms. The van der Waals surface area contributed by atoms with Crippen LogP contribution < -0.4 is 5.73 Å². The van der Waals surface area contributed by atoms with E-state index < -0.39 is 5.82 Å². The molecule has 0 amide bonds. The topological polar surface area (TPSA) is 43.8 Å². The first kappa shape index (κ1) is 13.1. The van der Waals surface area contributed by atoms with Crippen molar-refractivity contribution in [3.63, 3.8) is 0 Å². The Morgan fingerprint density at radius 2 is 2.22 bits per heavy atom. The summed E-state index contributed by atoms with van der Waals surface area (Å²) < 4.78 is 15.6. The summed E-state index contributed by atoms with van der Waals surface area (Å²) in [6.07, 6.45) is 3.14. The minimum Gasteiger partial charge on any atom is -0.324 e. The maximum atomic E-state index is 13.8. The fraction of sp³-hybridized carbons (Fsp3) is 0.308. The molecule has 3 nitrogen and oxygen atoms in total. The van der Waals surface area contributed by atoms with E-state index in [2.05, 4.69) is 5.10 Å². The number of benzene rings is 1. The molecule has 5 heteroatoms. The van der Waals surface area contributed by atoms with Crippen molar-refractivity contribution in [3.05, 3.63) is 52.6 Å². The van der Waals surface area contributed by atoms with E-state index in [4.69, 9.17) is 17.3 Å². The number of aromatic nitrogens is 2. The van der Waals surface area contributed by atoms with E-state index in [1.165, 1.54) is 6.07 Å². The van der Waals surface area contributed by atoms with Gasteiger partial charge in [0.05, 0.1) is 5.02 Å². The molecule has 1 heterocycles. The van der Waals surface area contributed by atoms with Crippen LogP contribution in [0.2, 0.25) is 5.02 Å². The second-order valence-corrected chi connectivity index (χ2v) is 4.64. The van der Waals surface area contributed by atoms with Gasteiger partial charge in [0.25, 0.3) is 0 Å². The Labute approximate surface area is 110 Å². The van der Waals surface area contributed by atoms with Gasteiger partial charge in [0.2, 0.25) is 0 Å². The summed E-state index contributed by atoms with van der Waals surface area (Å²) in [7, 11) is 1.88. The lowest BCUT2D eigenvalue weighted by Crippen LogP contribution is -2.14. The zero-order valence-corrected chi connectivity index (χ0v) is 10.9. The Kier molecular flexibility index (Phi) is 3.99. The SMILES string of the molecule is Cn1nccc1CCC(N)c1cccc(Cl)c1F. The first-order valence-corrected chi connectivity index (χ1v) is 6.13. The maximum absolute atomic E-state index is 13.8. The van der Waals surface area contributed by atoms with Crippen molar-refractivity contribution in [2.24, 2.45) is 12.8 Å². The minimum absolute atomic E-state index is 0.114. The van der Waals surface area contributed by atoms with E-state index >= 15 is 0 Å². The van der Waals surface area contributed by atoms with Crippen molar-refractivity contribution in [2.45, 2.75) is 18.9 Å². The highest BCUT2D eigenvalue weighted by Gasteiger charge is 2.14. The predicted octanol–water partition coefficient (Wildman–Crippen LogP) is 2.85.